The largest absolute Gasteiger partial charge is 0.496 e. The number of aryl methyl sites for hydroxylation is 1. The van der Waals surface area contributed by atoms with E-state index in [-0.39, 0.29) is 24.1 Å². The summed E-state index contributed by atoms with van der Waals surface area (Å²) in [4.78, 5) is 24.1. The molecule has 0 saturated carbocycles. The van der Waals surface area contributed by atoms with Crippen molar-refractivity contribution >= 4 is 23.5 Å². The Hall–Kier alpha value is -2.53. The molecule has 0 unspecified atom stereocenters. The summed E-state index contributed by atoms with van der Waals surface area (Å²) in [5, 5.41) is 3.23. The molecule has 0 saturated heterocycles. The highest BCUT2D eigenvalue weighted by Crippen LogP contribution is 2.23. The van der Waals surface area contributed by atoms with Gasteiger partial charge in [0.15, 0.2) is 6.61 Å². The lowest BCUT2D eigenvalue weighted by Crippen LogP contribution is -2.31. The van der Waals surface area contributed by atoms with Gasteiger partial charge in [0.2, 0.25) is 0 Å². The van der Waals surface area contributed by atoms with Crippen molar-refractivity contribution in [1.82, 2.24) is 5.32 Å². The van der Waals surface area contributed by atoms with Crippen LogP contribution >= 0.6 is 11.6 Å². The van der Waals surface area contributed by atoms with Crippen LogP contribution in [0.4, 0.5) is 0 Å². The Morgan fingerprint density at radius 3 is 2.48 bits per heavy atom. The van der Waals surface area contributed by atoms with Gasteiger partial charge in [-0.3, -0.25) is 4.79 Å². The maximum absolute atomic E-state index is 12.1. The molecule has 0 spiro atoms. The van der Waals surface area contributed by atoms with Crippen molar-refractivity contribution < 1.29 is 19.1 Å². The summed E-state index contributed by atoms with van der Waals surface area (Å²) in [6, 6.07) is 12.2. The van der Waals surface area contributed by atoms with Gasteiger partial charge in [-0.05, 0) is 37.6 Å². The fourth-order valence-corrected chi connectivity index (χ4v) is 2.43. The quantitative estimate of drug-likeness (QED) is 0.797. The molecule has 2 aromatic carbocycles. The van der Waals surface area contributed by atoms with E-state index in [0.29, 0.717) is 10.8 Å². The van der Waals surface area contributed by atoms with Gasteiger partial charge in [-0.1, -0.05) is 41.4 Å². The molecule has 0 aliphatic rings. The van der Waals surface area contributed by atoms with Crippen LogP contribution in [0.2, 0.25) is 5.02 Å². The van der Waals surface area contributed by atoms with Gasteiger partial charge in [-0.2, -0.15) is 0 Å². The van der Waals surface area contributed by atoms with Crippen LogP contribution in [0.5, 0.6) is 5.75 Å². The minimum absolute atomic E-state index is 0.183. The van der Waals surface area contributed by atoms with Crippen molar-refractivity contribution in [3.8, 4) is 5.75 Å². The number of carbonyl (C=O) groups is 2. The van der Waals surface area contributed by atoms with E-state index in [0.717, 1.165) is 11.1 Å². The van der Waals surface area contributed by atoms with Crippen LogP contribution in [-0.4, -0.2) is 25.6 Å². The second kappa shape index (κ2) is 8.53. The Balaban J connectivity index is 1.91. The van der Waals surface area contributed by atoms with Crippen molar-refractivity contribution in [1.29, 1.82) is 0 Å². The van der Waals surface area contributed by atoms with Crippen LogP contribution < -0.4 is 10.1 Å². The fraction of sp³-hybridized carbons (Fsp3) is 0.263. The van der Waals surface area contributed by atoms with E-state index in [4.69, 9.17) is 21.1 Å². The second-order valence-corrected chi connectivity index (χ2v) is 6.06. The van der Waals surface area contributed by atoms with E-state index in [1.807, 2.05) is 38.1 Å². The van der Waals surface area contributed by atoms with Crippen LogP contribution in [0, 0.1) is 6.92 Å². The highest BCUT2D eigenvalue weighted by molar-refractivity contribution is 6.30. The first-order valence-corrected chi connectivity index (χ1v) is 8.15. The number of nitrogens with one attached hydrogen (secondary N) is 1. The van der Waals surface area contributed by atoms with Gasteiger partial charge < -0.3 is 14.8 Å². The standard InChI is InChI=1S/C19H20ClNO4/c1-12-4-6-14(7-5-12)13(2)21-18(22)11-25-19(23)16-9-8-15(20)10-17(16)24-3/h4-10,13H,11H2,1-3H3,(H,21,22)/t13-/m0/s1. The summed E-state index contributed by atoms with van der Waals surface area (Å²) in [5.74, 6) is -0.730. The zero-order valence-electron chi connectivity index (χ0n) is 14.3. The SMILES string of the molecule is COc1cc(Cl)ccc1C(=O)OCC(=O)N[C@@H](C)c1ccc(C)cc1. The van der Waals surface area contributed by atoms with Gasteiger partial charge in [-0.25, -0.2) is 4.79 Å². The van der Waals surface area contributed by atoms with Gasteiger partial charge in [0.25, 0.3) is 5.91 Å². The van der Waals surface area contributed by atoms with Crippen molar-refractivity contribution in [2.75, 3.05) is 13.7 Å². The van der Waals surface area contributed by atoms with Crippen molar-refractivity contribution in [2.24, 2.45) is 0 Å². The molecule has 1 N–H and O–H groups in total. The van der Waals surface area contributed by atoms with Gasteiger partial charge in [0.05, 0.1) is 13.2 Å². The highest BCUT2D eigenvalue weighted by atomic mass is 35.5. The van der Waals surface area contributed by atoms with Crippen molar-refractivity contribution in [3.63, 3.8) is 0 Å². The molecule has 0 fully saturated rings. The summed E-state index contributed by atoms with van der Waals surface area (Å²) in [6.45, 7) is 3.49. The predicted octanol–water partition coefficient (Wildman–Crippen LogP) is 3.69. The van der Waals surface area contributed by atoms with Crippen LogP contribution in [0.1, 0.15) is 34.5 Å². The van der Waals surface area contributed by atoms with E-state index >= 15 is 0 Å². The highest BCUT2D eigenvalue weighted by Gasteiger charge is 2.16. The number of hydrogen-bond donors (Lipinski definition) is 1. The third-order valence-electron chi connectivity index (χ3n) is 3.67. The Labute approximate surface area is 151 Å². The van der Waals surface area contributed by atoms with Gasteiger partial charge in [0.1, 0.15) is 11.3 Å². The molecule has 5 nitrogen and oxygen atoms in total. The molecule has 0 heterocycles. The zero-order valence-corrected chi connectivity index (χ0v) is 15.1. The second-order valence-electron chi connectivity index (χ2n) is 5.62. The molecule has 0 radical (unpaired) electrons. The van der Waals surface area contributed by atoms with E-state index in [1.54, 1.807) is 6.07 Å². The molecular formula is C19H20ClNO4. The fourth-order valence-electron chi connectivity index (χ4n) is 2.26. The minimum atomic E-state index is -0.647. The number of amides is 1. The Bertz CT molecular complexity index is 759. The normalized spacial score (nSPS) is 11.5. The lowest BCUT2D eigenvalue weighted by atomic mass is 10.1. The number of halogens is 1. The van der Waals surface area contributed by atoms with Crippen LogP contribution in [0.15, 0.2) is 42.5 Å². The number of ether oxygens (including phenoxy) is 2. The van der Waals surface area contributed by atoms with Gasteiger partial charge >= 0.3 is 5.97 Å². The Morgan fingerprint density at radius 1 is 1.16 bits per heavy atom. The van der Waals surface area contributed by atoms with Crippen molar-refractivity contribution in [3.05, 3.63) is 64.2 Å². The molecule has 1 atom stereocenters. The Kier molecular flexibility index (Phi) is 6.42. The minimum Gasteiger partial charge on any atom is -0.496 e. The smallest absolute Gasteiger partial charge is 0.342 e. The molecule has 0 aromatic heterocycles. The van der Waals surface area contributed by atoms with E-state index in [1.165, 1.54) is 19.2 Å². The summed E-state index contributed by atoms with van der Waals surface area (Å²) in [6.07, 6.45) is 0. The van der Waals surface area contributed by atoms with Crippen LogP contribution in [-0.2, 0) is 9.53 Å². The molecule has 0 aliphatic carbocycles. The monoisotopic (exact) mass is 361 g/mol. The number of hydrogen-bond acceptors (Lipinski definition) is 4. The predicted molar refractivity (Wildman–Crippen MR) is 96.0 cm³/mol. The van der Waals surface area contributed by atoms with E-state index < -0.39 is 5.97 Å². The zero-order chi connectivity index (χ0) is 18.4. The molecule has 0 aliphatic heterocycles. The number of carbonyl (C=O) groups excluding carboxylic acids is 2. The summed E-state index contributed by atoms with van der Waals surface area (Å²) in [5.41, 5.74) is 2.34. The third kappa shape index (κ3) is 5.22. The summed E-state index contributed by atoms with van der Waals surface area (Å²) >= 11 is 5.86. The average molecular weight is 362 g/mol. The van der Waals surface area contributed by atoms with E-state index in [2.05, 4.69) is 5.32 Å². The van der Waals surface area contributed by atoms with Gasteiger partial charge in [0, 0.05) is 5.02 Å². The number of esters is 1. The molecule has 0 bridgehead atoms. The molecule has 2 rings (SSSR count). The van der Waals surface area contributed by atoms with Crippen LogP contribution in [0.3, 0.4) is 0 Å². The van der Waals surface area contributed by atoms with Crippen molar-refractivity contribution in [2.45, 2.75) is 19.9 Å². The van der Waals surface area contributed by atoms with E-state index in [9.17, 15) is 9.59 Å². The summed E-state index contributed by atoms with van der Waals surface area (Å²) < 4.78 is 10.2. The maximum atomic E-state index is 12.1. The molecule has 6 heteroatoms. The summed E-state index contributed by atoms with van der Waals surface area (Å²) in [7, 11) is 1.43. The lowest BCUT2D eigenvalue weighted by molar-refractivity contribution is -0.124. The number of methoxy groups -OCH3 is 1. The topological polar surface area (TPSA) is 64.6 Å². The molecule has 132 valence electrons. The third-order valence-corrected chi connectivity index (χ3v) is 3.91. The Morgan fingerprint density at radius 2 is 1.84 bits per heavy atom. The number of rotatable bonds is 6. The lowest BCUT2D eigenvalue weighted by Gasteiger charge is -2.15. The molecule has 25 heavy (non-hydrogen) atoms. The maximum Gasteiger partial charge on any atom is 0.342 e. The average Bonchev–Trinajstić information content (AvgIpc) is 2.60. The van der Waals surface area contributed by atoms with Crippen LogP contribution in [0.25, 0.3) is 0 Å². The molecule has 2 aromatic rings. The first-order valence-electron chi connectivity index (χ1n) is 7.77. The molecular weight excluding hydrogens is 342 g/mol. The first-order chi connectivity index (χ1) is 11.9. The van der Waals surface area contributed by atoms with Gasteiger partial charge in [-0.15, -0.1) is 0 Å². The number of benzene rings is 2. The first kappa shape index (κ1) is 18.8. The molecule has 1 amide bonds.